The quantitative estimate of drug-likeness (QED) is 0.376. The van der Waals surface area contributed by atoms with Crippen LogP contribution in [0.25, 0.3) is 0 Å². The number of methoxy groups -OCH3 is 1. The highest BCUT2D eigenvalue weighted by Crippen LogP contribution is 2.49. The Kier molecular flexibility index (Phi) is 4.86. The molecule has 0 aliphatic heterocycles. The van der Waals surface area contributed by atoms with E-state index in [1.54, 1.807) is 23.5 Å². The van der Waals surface area contributed by atoms with Gasteiger partial charge >= 0.3 is 5.97 Å². The normalized spacial score (nSPS) is 18.1. The van der Waals surface area contributed by atoms with E-state index >= 15 is 0 Å². The molecular formula is C18H12F5NO3. The zero-order chi connectivity index (χ0) is 19.9. The van der Waals surface area contributed by atoms with Gasteiger partial charge in [0.1, 0.15) is 5.69 Å². The van der Waals surface area contributed by atoms with Gasteiger partial charge in [0, 0.05) is 5.92 Å². The van der Waals surface area contributed by atoms with Crippen LogP contribution < -0.4 is 5.32 Å². The number of benzene rings is 2. The summed E-state index contributed by atoms with van der Waals surface area (Å²) >= 11 is 0. The number of nitrogens with one attached hydrogen (secondary N) is 1. The van der Waals surface area contributed by atoms with Gasteiger partial charge in [0.2, 0.25) is 11.7 Å². The van der Waals surface area contributed by atoms with E-state index in [1.807, 2.05) is 0 Å². The van der Waals surface area contributed by atoms with Crippen molar-refractivity contribution in [1.29, 1.82) is 0 Å². The molecule has 1 saturated carbocycles. The molecule has 0 aromatic heterocycles. The molecule has 0 heterocycles. The zero-order valence-corrected chi connectivity index (χ0v) is 13.8. The number of anilines is 1. The summed E-state index contributed by atoms with van der Waals surface area (Å²) in [6, 6.07) is 6.34. The average Bonchev–Trinajstić information content (AvgIpc) is 3.48. The van der Waals surface area contributed by atoms with Gasteiger partial charge in [-0.25, -0.2) is 26.7 Å². The van der Waals surface area contributed by atoms with E-state index in [0.29, 0.717) is 5.56 Å². The molecule has 0 saturated heterocycles. The number of ether oxygens (including phenoxy) is 1. The first-order chi connectivity index (χ1) is 12.8. The topological polar surface area (TPSA) is 55.4 Å². The molecule has 1 amide bonds. The second-order valence-corrected chi connectivity index (χ2v) is 5.96. The minimum absolute atomic E-state index is 0.233. The standard InChI is InChI=1S/C18H12F5NO3/c1-27-18(26)8-5-3-2-4-7(8)9-6-10(9)17(25)24-16-14(22)12(20)11(19)13(21)15(16)23/h2-5,9-10H,6H2,1H3,(H,24,25)/t9-,10-/m1/s1. The van der Waals surface area contributed by atoms with Gasteiger partial charge in [-0.2, -0.15) is 0 Å². The summed E-state index contributed by atoms with van der Waals surface area (Å²) < 4.78 is 71.5. The smallest absolute Gasteiger partial charge is 0.338 e. The van der Waals surface area contributed by atoms with Crippen molar-refractivity contribution >= 4 is 17.6 Å². The van der Waals surface area contributed by atoms with Gasteiger partial charge in [0.15, 0.2) is 23.3 Å². The number of hydrogen-bond acceptors (Lipinski definition) is 3. The van der Waals surface area contributed by atoms with Crippen LogP contribution in [0.15, 0.2) is 24.3 Å². The van der Waals surface area contributed by atoms with Crippen LogP contribution in [0.3, 0.4) is 0 Å². The molecule has 3 rings (SSSR count). The zero-order valence-electron chi connectivity index (χ0n) is 13.8. The summed E-state index contributed by atoms with van der Waals surface area (Å²) in [4.78, 5) is 24.0. The summed E-state index contributed by atoms with van der Waals surface area (Å²) in [6.07, 6.45) is 0.245. The maximum atomic E-state index is 13.7. The van der Waals surface area contributed by atoms with Crippen molar-refractivity contribution in [3.8, 4) is 0 Å². The van der Waals surface area contributed by atoms with Gasteiger partial charge in [-0.3, -0.25) is 4.79 Å². The maximum absolute atomic E-state index is 13.7. The molecule has 0 bridgehead atoms. The van der Waals surface area contributed by atoms with Crippen molar-refractivity contribution < 1.29 is 36.3 Å². The van der Waals surface area contributed by atoms with Crippen LogP contribution in [-0.2, 0) is 9.53 Å². The molecule has 9 heteroatoms. The van der Waals surface area contributed by atoms with Crippen LogP contribution >= 0.6 is 0 Å². The van der Waals surface area contributed by atoms with E-state index in [0.717, 1.165) is 0 Å². The van der Waals surface area contributed by atoms with Gasteiger partial charge in [-0.05, 0) is 24.0 Å². The predicted molar refractivity (Wildman–Crippen MR) is 83.5 cm³/mol. The highest BCUT2D eigenvalue weighted by molar-refractivity contribution is 5.97. The van der Waals surface area contributed by atoms with E-state index in [1.165, 1.54) is 13.2 Å². The molecule has 2 atom stereocenters. The number of carbonyl (C=O) groups excluding carboxylic acids is 2. The Hall–Kier alpha value is -2.97. The van der Waals surface area contributed by atoms with E-state index in [2.05, 4.69) is 4.74 Å². The van der Waals surface area contributed by atoms with Crippen molar-refractivity contribution in [2.45, 2.75) is 12.3 Å². The second kappa shape index (κ2) is 6.98. The molecule has 1 N–H and O–H groups in total. The van der Waals surface area contributed by atoms with Crippen molar-refractivity contribution in [2.24, 2.45) is 5.92 Å². The second-order valence-electron chi connectivity index (χ2n) is 5.96. The van der Waals surface area contributed by atoms with Gasteiger partial charge in [0.25, 0.3) is 0 Å². The molecule has 0 unspecified atom stereocenters. The monoisotopic (exact) mass is 385 g/mol. The summed E-state index contributed by atoms with van der Waals surface area (Å²) in [5, 5.41) is 1.76. The fourth-order valence-electron chi connectivity index (χ4n) is 2.88. The lowest BCUT2D eigenvalue weighted by Crippen LogP contribution is -2.19. The molecule has 1 aliphatic carbocycles. The summed E-state index contributed by atoms with van der Waals surface area (Å²) in [6.45, 7) is 0. The van der Waals surface area contributed by atoms with Crippen molar-refractivity contribution in [3.05, 3.63) is 64.5 Å². The largest absolute Gasteiger partial charge is 0.465 e. The average molecular weight is 385 g/mol. The molecule has 1 aliphatic rings. The predicted octanol–water partition coefficient (Wildman–Crippen LogP) is 3.91. The Morgan fingerprint density at radius 3 is 2.11 bits per heavy atom. The van der Waals surface area contributed by atoms with Crippen LogP contribution in [0.2, 0.25) is 0 Å². The Morgan fingerprint density at radius 1 is 0.963 bits per heavy atom. The lowest BCUT2D eigenvalue weighted by atomic mass is 10.0. The Morgan fingerprint density at radius 2 is 1.52 bits per heavy atom. The lowest BCUT2D eigenvalue weighted by molar-refractivity contribution is -0.117. The van der Waals surface area contributed by atoms with Crippen LogP contribution in [0.5, 0.6) is 0 Å². The van der Waals surface area contributed by atoms with Crippen molar-refractivity contribution in [1.82, 2.24) is 0 Å². The first-order valence-corrected chi connectivity index (χ1v) is 7.77. The molecule has 27 heavy (non-hydrogen) atoms. The first kappa shape index (κ1) is 18.8. The van der Waals surface area contributed by atoms with Gasteiger partial charge in [-0.1, -0.05) is 18.2 Å². The molecule has 0 spiro atoms. The number of halogens is 5. The Labute approximate surface area is 149 Å². The third-order valence-corrected chi connectivity index (χ3v) is 4.35. The summed E-state index contributed by atoms with van der Waals surface area (Å²) in [7, 11) is 1.19. The third-order valence-electron chi connectivity index (χ3n) is 4.35. The van der Waals surface area contributed by atoms with Gasteiger partial charge < -0.3 is 10.1 Å². The summed E-state index contributed by atoms with van der Waals surface area (Å²) in [5.74, 6) is -13.6. The number of amides is 1. The number of hydrogen-bond donors (Lipinski definition) is 1. The molecule has 142 valence electrons. The molecule has 4 nitrogen and oxygen atoms in total. The number of esters is 1. The van der Waals surface area contributed by atoms with E-state index in [-0.39, 0.29) is 12.0 Å². The fraction of sp³-hybridized carbons (Fsp3) is 0.222. The van der Waals surface area contributed by atoms with Gasteiger partial charge in [-0.15, -0.1) is 0 Å². The van der Waals surface area contributed by atoms with Crippen LogP contribution in [0.4, 0.5) is 27.6 Å². The fourth-order valence-corrected chi connectivity index (χ4v) is 2.88. The van der Waals surface area contributed by atoms with E-state index < -0.39 is 58.5 Å². The lowest BCUT2D eigenvalue weighted by Gasteiger charge is -2.10. The molecule has 2 aromatic rings. The number of carbonyl (C=O) groups is 2. The SMILES string of the molecule is COC(=O)c1ccccc1[C@H]1C[C@H]1C(=O)Nc1c(F)c(F)c(F)c(F)c1F. The minimum atomic E-state index is -2.31. The third kappa shape index (κ3) is 3.24. The maximum Gasteiger partial charge on any atom is 0.338 e. The molecule has 2 aromatic carbocycles. The van der Waals surface area contributed by atoms with E-state index in [4.69, 9.17) is 0 Å². The van der Waals surface area contributed by atoms with Gasteiger partial charge in [0.05, 0.1) is 12.7 Å². The first-order valence-electron chi connectivity index (χ1n) is 7.77. The highest BCUT2D eigenvalue weighted by atomic mass is 19.2. The Balaban J connectivity index is 1.83. The van der Waals surface area contributed by atoms with Crippen LogP contribution in [0, 0.1) is 35.0 Å². The molecule has 1 fully saturated rings. The molecular weight excluding hydrogens is 373 g/mol. The molecule has 0 radical (unpaired) electrons. The summed E-state index contributed by atoms with van der Waals surface area (Å²) in [5.41, 5.74) is -0.665. The van der Waals surface area contributed by atoms with E-state index in [9.17, 15) is 31.5 Å². The van der Waals surface area contributed by atoms with Crippen LogP contribution in [-0.4, -0.2) is 19.0 Å². The van der Waals surface area contributed by atoms with Crippen LogP contribution in [0.1, 0.15) is 28.3 Å². The number of rotatable bonds is 4. The van der Waals surface area contributed by atoms with Crippen molar-refractivity contribution in [2.75, 3.05) is 12.4 Å². The highest BCUT2D eigenvalue weighted by Gasteiger charge is 2.46. The van der Waals surface area contributed by atoms with Crippen molar-refractivity contribution in [3.63, 3.8) is 0 Å². The minimum Gasteiger partial charge on any atom is -0.465 e. The Bertz CT molecular complexity index is 918.